The van der Waals surface area contributed by atoms with Crippen LogP contribution >= 0.6 is 0 Å². The molecule has 1 fully saturated rings. The minimum Gasteiger partial charge on any atom is -0.353 e. The molecular formula is C14H14F3N5O2S. The summed E-state index contributed by atoms with van der Waals surface area (Å²) in [7, 11) is -3.63. The number of hydrogen-bond acceptors (Lipinski definition) is 6. The number of halogens is 3. The van der Waals surface area contributed by atoms with E-state index in [0.29, 0.717) is 19.3 Å². The molecule has 7 nitrogen and oxygen atoms in total. The highest BCUT2D eigenvalue weighted by atomic mass is 32.2. The van der Waals surface area contributed by atoms with Gasteiger partial charge in [-0.15, -0.1) is 0 Å². The molecule has 0 amide bonds. The Morgan fingerprint density at radius 1 is 1.00 bits per heavy atom. The van der Waals surface area contributed by atoms with Crippen LogP contribution in [-0.4, -0.2) is 53.9 Å². The summed E-state index contributed by atoms with van der Waals surface area (Å²) in [5.74, 6) is 0.284. The van der Waals surface area contributed by atoms with E-state index < -0.39 is 21.9 Å². The Morgan fingerprint density at radius 3 is 2.24 bits per heavy atom. The summed E-state index contributed by atoms with van der Waals surface area (Å²) in [6.45, 7) is 0.999. The van der Waals surface area contributed by atoms with Crippen molar-refractivity contribution in [2.45, 2.75) is 11.1 Å². The van der Waals surface area contributed by atoms with Gasteiger partial charge >= 0.3 is 6.18 Å². The fraction of sp³-hybridized carbons (Fsp3) is 0.357. The lowest BCUT2D eigenvalue weighted by Gasteiger charge is -2.34. The molecule has 1 aliphatic heterocycles. The lowest BCUT2D eigenvalue weighted by atomic mass is 10.3. The molecule has 0 saturated carbocycles. The SMILES string of the molecule is O=S(=O)(c1cccnc1)N1CCN(c2cnc(C(F)(F)F)cn2)CC1. The molecule has 11 heteroatoms. The normalized spacial score (nSPS) is 16.8. The second kappa shape index (κ2) is 6.56. The van der Waals surface area contributed by atoms with Crippen molar-refractivity contribution >= 4 is 15.8 Å². The Morgan fingerprint density at radius 2 is 1.72 bits per heavy atom. The van der Waals surface area contributed by atoms with Gasteiger partial charge in [0.25, 0.3) is 0 Å². The zero-order valence-electron chi connectivity index (χ0n) is 12.9. The largest absolute Gasteiger partial charge is 0.434 e. The topological polar surface area (TPSA) is 79.3 Å². The first-order valence-corrected chi connectivity index (χ1v) is 8.77. The molecule has 25 heavy (non-hydrogen) atoms. The second-order valence-electron chi connectivity index (χ2n) is 5.34. The van der Waals surface area contributed by atoms with Gasteiger partial charge in [0.15, 0.2) is 5.69 Å². The number of nitrogens with zero attached hydrogens (tertiary/aromatic N) is 5. The zero-order chi connectivity index (χ0) is 18.1. The Labute approximate surface area is 142 Å². The molecule has 0 bridgehead atoms. The number of piperazine rings is 1. The van der Waals surface area contributed by atoms with E-state index in [4.69, 9.17) is 0 Å². The highest BCUT2D eigenvalue weighted by Crippen LogP contribution is 2.27. The third kappa shape index (κ3) is 3.71. The predicted molar refractivity (Wildman–Crippen MR) is 82.2 cm³/mol. The quantitative estimate of drug-likeness (QED) is 0.809. The van der Waals surface area contributed by atoms with Crippen LogP contribution in [0.2, 0.25) is 0 Å². The molecule has 2 aromatic rings. The van der Waals surface area contributed by atoms with E-state index in [1.54, 1.807) is 11.0 Å². The van der Waals surface area contributed by atoms with Gasteiger partial charge in [0.2, 0.25) is 10.0 Å². The summed E-state index contributed by atoms with van der Waals surface area (Å²) in [4.78, 5) is 12.8. The van der Waals surface area contributed by atoms with E-state index in [0.717, 1.165) is 6.20 Å². The summed E-state index contributed by atoms with van der Waals surface area (Å²) in [5, 5.41) is 0. The van der Waals surface area contributed by atoms with Crippen molar-refractivity contribution in [3.63, 3.8) is 0 Å². The van der Waals surface area contributed by atoms with Gasteiger partial charge in [0.05, 0.1) is 12.4 Å². The molecule has 3 rings (SSSR count). The number of sulfonamides is 1. The summed E-state index contributed by atoms with van der Waals surface area (Å²) in [5.41, 5.74) is -1.06. The number of hydrogen-bond donors (Lipinski definition) is 0. The molecule has 0 N–H and O–H groups in total. The highest BCUT2D eigenvalue weighted by molar-refractivity contribution is 7.89. The maximum Gasteiger partial charge on any atom is 0.434 e. The Kier molecular flexibility index (Phi) is 4.60. The Bertz CT molecular complexity index is 820. The third-order valence-electron chi connectivity index (χ3n) is 3.76. The van der Waals surface area contributed by atoms with Crippen LogP contribution in [0.1, 0.15) is 5.69 Å². The first-order valence-electron chi connectivity index (χ1n) is 7.33. The van der Waals surface area contributed by atoms with E-state index >= 15 is 0 Å². The van der Waals surface area contributed by atoms with Gasteiger partial charge in [-0.1, -0.05) is 0 Å². The van der Waals surface area contributed by atoms with Gasteiger partial charge in [0.1, 0.15) is 10.7 Å². The van der Waals surface area contributed by atoms with Gasteiger partial charge in [0, 0.05) is 38.6 Å². The second-order valence-corrected chi connectivity index (χ2v) is 7.28. The molecule has 2 aromatic heterocycles. The average molecular weight is 373 g/mol. The van der Waals surface area contributed by atoms with Crippen LogP contribution in [-0.2, 0) is 16.2 Å². The van der Waals surface area contributed by atoms with Crippen LogP contribution in [0.5, 0.6) is 0 Å². The van der Waals surface area contributed by atoms with E-state index in [1.165, 1.54) is 22.8 Å². The molecule has 0 atom stereocenters. The van der Waals surface area contributed by atoms with Crippen LogP contribution in [0, 0.1) is 0 Å². The van der Waals surface area contributed by atoms with Gasteiger partial charge in [-0.05, 0) is 12.1 Å². The predicted octanol–water partition coefficient (Wildman–Crippen LogP) is 1.40. The van der Waals surface area contributed by atoms with Crippen LogP contribution in [0.4, 0.5) is 19.0 Å². The molecule has 0 radical (unpaired) electrons. The summed E-state index contributed by atoms with van der Waals surface area (Å²) < 4.78 is 63.8. The number of alkyl halides is 3. The summed E-state index contributed by atoms with van der Waals surface area (Å²) in [6, 6.07) is 3.01. The number of anilines is 1. The van der Waals surface area contributed by atoms with Gasteiger partial charge in [-0.25, -0.2) is 18.4 Å². The van der Waals surface area contributed by atoms with Crippen molar-refractivity contribution in [3.8, 4) is 0 Å². The fourth-order valence-electron chi connectivity index (χ4n) is 2.44. The lowest BCUT2D eigenvalue weighted by molar-refractivity contribution is -0.141. The van der Waals surface area contributed by atoms with Crippen molar-refractivity contribution in [1.82, 2.24) is 19.3 Å². The molecule has 0 unspecified atom stereocenters. The minimum absolute atomic E-state index is 0.109. The fourth-order valence-corrected chi connectivity index (χ4v) is 3.82. The third-order valence-corrected chi connectivity index (χ3v) is 5.65. The molecule has 1 saturated heterocycles. The van der Waals surface area contributed by atoms with Crippen LogP contribution in [0.25, 0.3) is 0 Å². The molecule has 134 valence electrons. The maximum absolute atomic E-state index is 12.5. The molecule has 0 aromatic carbocycles. The average Bonchev–Trinajstić information content (AvgIpc) is 2.62. The van der Waals surface area contributed by atoms with Crippen molar-refractivity contribution in [2.24, 2.45) is 0 Å². The van der Waals surface area contributed by atoms with Crippen LogP contribution in [0.15, 0.2) is 41.8 Å². The Hall–Kier alpha value is -2.27. The first kappa shape index (κ1) is 17.5. The number of rotatable bonds is 3. The van der Waals surface area contributed by atoms with E-state index in [9.17, 15) is 21.6 Å². The van der Waals surface area contributed by atoms with E-state index in [-0.39, 0.29) is 23.8 Å². The molecule has 1 aliphatic rings. The maximum atomic E-state index is 12.5. The van der Waals surface area contributed by atoms with E-state index in [2.05, 4.69) is 15.0 Å². The Balaban J connectivity index is 1.68. The number of aromatic nitrogens is 3. The molecule has 0 aliphatic carbocycles. The lowest BCUT2D eigenvalue weighted by Crippen LogP contribution is -2.49. The van der Waals surface area contributed by atoms with Gasteiger partial charge in [-0.2, -0.15) is 17.5 Å². The van der Waals surface area contributed by atoms with Crippen LogP contribution < -0.4 is 4.90 Å². The van der Waals surface area contributed by atoms with Crippen molar-refractivity contribution < 1.29 is 21.6 Å². The smallest absolute Gasteiger partial charge is 0.353 e. The molecule has 0 spiro atoms. The van der Waals surface area contributed by atoms with E-state index in [1.807, 2.05) is 0 Å². The zero-order valence-corrected chi connectivity index (χ0v) is 13.7. The summed E-state index contributed by atoms with van der Waals surface area (Å²) >= 11 is 0. The molecule has 3 heterocycles. The van der Waals surface area contributed by atoms with Crippen molar-refractivity contribution in [3.05, 3.63) is 42.6 Å². The standard InChI is InChI=1S/C14H14F3N5O2S/c15-14(16,17)12-9-20-13(10-19-12)21-4-6-22(7-5-21)25(23,24)11-2-1-3-18-8-11/h1-3,8-10H,4-7H2. The van der Waals surface area contributed by atoms with Crippen LogP contribution in [0.3, 0.4) is 0 Å². The monoisotopic (exact) mass is 373 g/mol. The van der Waals surface area contributed by atoms with Gasteiger partial charge in [-0.3, -0.25) is 4.98 Å². The first-order chi connectivity index (χ1) is 11.8. The summed E-state index contributed by atoms with van der Waals surface area (Å²) in [6.07, 6.45) is -0.0481. The van der Waals surface area contributed by atoms with Crippen molar-refractivity contribution in [1.29, 1.82) is 0 Å². The highest BCUT2D eigenvalue weighted by Gasteiger charge is 2.33. The van der Waals surface area contributed by atoms with Crippen molar-refractivity contribution in [2.75, 3.05) is 31.1 Å². The van der Waals surface area contributed by atoms with Gasteiger partial charge < -0.3 is 4.90 Å². The molecular weight excluding hydrogens is 359 g/mol. The minimum atomic E-state index is -4.54. The number of pyridine rings is 1.